The fraction of sp³-hybridized carbons (Fsp3) is 0.600. The summed E-state index contributed by atoms with van der Waals surface area (Å²) in [4.78, 5) is 0. The van der Waals surface area contributed by atoms with Crippen LogP contribution in [0.2, 0.25) is 0 Å². The Morgan fingerprint density at radius 2 is 2.06 bits per heavy atom. The lowest BCUT2D eigenvalue weighted by Gasteiger charge is -2.26. The molecule has 0 saturated carbocycles. The van der Waals surface area contributed by atoms with Gasteiger partial charge in [0.2, 0.25) is 0 Å². The number of rotatable bonds is 7. The highest BCUT2D eigenvalue weighted by molar-refractivity contribution is 7.83. The maximum atomic E-state index is 13.0. The summed E-state index contributed by atoms with van der Waals surface area (Å²) in [7, 11) is 0. The molecule has 0 radical (unpaired) electrons. The number of allylic oxidation sites excluding steroid dienone is 2. The summed E-state index contributed by atoms with van der Waals surface area (Å²) in [6.07, 6.45) is -0.875. The van der Waals surface area contributed by atoms with Gasteiger partial charge in [0.05, 0.1) is 30.5 Å². The van der Waals surface area contributed by atoms with Crippen LogP contribution in [0.5, 0.6) is 0 Å². The number of nitrogens with one attached hydrogen (secondary N) is 2. The van der Waals surface area contributed by atoms with Crippen LogP contribution in [0.1, 0.15) is 33.6 Å². The molecule has 2 heterocycles. The van der Waals surface area contributed by atoms with Crippen LogP contribution >= 0.6 is 0 Å². The monoisotopic (exact) mass is 460 g/mol. The minimum atomic E-state index is -4.40. The van der Waals surface area contributed by atoms with Gasteiger partial charge in [-0.2, -0.15) is 17.6 Å². The van der Waals surface area contributed by atoms with Crippen LogP contribution in [0.25, 0.3) is 0 Å². The van der Waals surface area contributed by atoms with Crippen LogP contribution in [0, 0.1) is 17.8 Å². The molecule has 0 saturated heterocycles. The minimum Gasteiger partial charge on any atom is -0.506 e. The smallest absolute Gasteiger partial charge is 0.395 e. The molecule has 0 spiro atoms. The molecule has 1 aliphatic carbocycles. The van der Waals surface area contributed by atoms with Crippen molar-refractivity contribution >= 4 is 22.7 Å². The lowest BCUT2D eigenvalue weighted by Crippen LogP contribution is -2.33. The zero-order valence-electron chi connectivity index (χ0n) is 17.6. The summed E-state index contributed by atoms with van der Waals surface area (Å²) >= 11 is -1.71. The summed E-state index contributed by atoms with van der Waals surface area (Å²) < 4.78 is 64.4. The Morgan fingerprint density at radius 1 is 1.32 bits per heavy atom. The molecule has 3 N–H and O–H groups in total. The molecule has 2 aliphatic heterocycles. The number of alkyl halides is 3. The number of nitrogens with zero attached hydrogens (tertiary/aromatic N) is 2. The maximum absolute atomic E-state index is 13.0. The zero-order valence-corrected chi connectivity index (χ0v) is 18.4. The van der Waals surface area contributed by atoms with E-state index in [0.29, 0.717) is 43.0 Å². The molecule has 0 bridgehead atoms. The second-order valence-electron chi connectivity index (χ2n) is 8.07. The Morgan fingerprint density at radius 3 is 2.71 bits per heavy atom. The van der Waals surface area contributed by atoms with E-state index in [1.165, 1.54) is 13.0 Å². The Balaban J connectivity index is 1.52. The fourth-order valence-electron chi connectivity index (χ4n) is 3.53. The van der Waals surface area contributed by atoms with E-state index in [-0.39, 0.29) is 30.0 Å². The first-order valence-corrected chi connectivity index (χ1v) is 11.2. The summed E-state index contributed by atoms with van der Waals surface area (Å²) in [5.41, 5.74) is 0.647. The molecule has 3 rings (SSSR count). The SMILES string of the molecule is CC1=C(O)C(NCCC2=NS(=O)N=C2NCC2=CC(C(C)C)CO2)=CCC1C(F)(F)F. The molecule has 0 aromatic heterocycles. The van der Waals surface area contributed by atoms with Crippen molar-refractivity contribution in [3.05, 3.63) is 34.9 Å². The summed E-state index contributed by atoms with van der Waals surface area (Å²) in [5.74, 6) is -0.0186. The number of amidine groups is 1. The zero-order chi connectivity index (χ0) is 22.8. The Hall–Kier alpha value is -2.30. The largest absolute Gasteiger partial charge is 0.506 e. The van der Waals surface area contributed by atoms with Crippen LogP contribution < -0.4 is 10.6 Å². The van der Waals surface area contributed by atoms with Gasteiger partial charge in [0.1, 0.15) is 11.5 Å². The molecule has 0 aromatic carbocycles. The van der Waals surface area contributed by atoms with Crippen molar-refractivity contribution in [1.29, 1.82) is 0 Å². The van der Waals surface area contributed by atoms with Crippen LogP contribution in [0.4, 0.5) is 13.2 Å². The Labute approximate surface area is 182 Å². The van der Waals surface area contributed by atoms with E-state index in [1.807, 2.05) is 0 Å². The van der Waals surface area contributed by atoms with Crippen molar-refractivity contribution in [3.8, 4) is 0 Å². The van der Waals surface area contributed by atoms with Crippen molar-refractivity contribution in [2.75, 3.05) is 19.7 Å². The highest BCUT2D eigenvalue weighted by Crippen LogP contribution is 2.39. The van der Waals surface area contributed by atoms with Gasteiger partial charge in [-0.25, -0.2) is 4.21 Å². The molecular formula is C20H27F3N4O3S. The first-order chi connectivity index (χ1) is 14.6. The summed E-state index contributed by atoms with van der Waals surface area (Å²) in [6.45, 7) is 6.86. The molecule has 0 aromatic rings. The third-order valence-corrected chi connectivity index (χ3v) is 6.28. The molecule has 3 unspecified atom stereocenters. The van der Waals surface area contributed by atoms with Gasteiger partial charge in [-0.3, -0.25) is 0 Å². The second-order valence-corrected chi connectivity index (χ2v) is 8.90. The van der Waals surface area contributed by atoms with Gasteiger partial charge < -0.3 is 20.5 Å². The highest BCUT2D eigenvalue weighted by atomic mass is 32.2. The first-order valence-electron chi connectivity index (χ1n) is 10.1. The van der Waals surface area contributed by atoms with E-state index in [2.05, 4.69) is 39.4 Å². The van der Waals surface area contributed by atoms with Gasteiger partial charge in [0.25, 0.3) is 11.2 Å². The fourth-order valence-corrected chi connectivity index (χ4v) is 4.26. The number of hydrogen-bond acceptors (Lipinski definition) is 5. The van der Waals surface area contributed by atoms with Crippen LogP contribution in [-0.4, -0.2) is 46.7 Å². The van der Waals surface area contributed by atoms with Crippen molar-refractivity contribution in [2.45, 2.75) is 39.8 Å². The number of hydrogen-bond donors (Lipinski definition) is 3. The third-order valence-electron chi connectivity index (χ3n) is 5.56. The molecule has 11 heteroatoms. The lowest BCUT2D eigenvalue weighted by molar-refractivity contribution is -0.164. The van der Waals surface area contributed by atoms with E-state index in [1.54, 1.807) is 0 Å². The number of aliphatic hydroxyl groups excluding tert-OH is 1. The highest BCUT2D eigenvalue weighted by Gasteiger charge is 2.42. The number of aliphatic hydroxyl groups is 1. The van der Waals surface area contributed by atoms with Gasteiger partial charge >= 0.3 is 6.18 Å². The lowest BCUT2D eigenvalue weighted by atomic mass is 9.89. The van der Waals surface area contributed by atoms with Crippen LogP contribution in [0.15, 0.2) is 43.7 Å². The maximum Gasteiger partial charge on any atom is 0.395 e. The molecule has 0 amide bonds. The average molecular weight is 461 g/mol. The predicted octanol–water partition coefficient (Wildman–Crippen LogP) is 3.47. The van der Waals surface area contributed by atoms with E-state index in [9.17, 15) is 22.5 Å². The van der Waals surface area contributed by atoms with Crippen LogP contribution in [-0.2, 0) is 15.9 Å². The summed E-state index contributed by atoms with van der Waals surface area (Å²) in [6, 6.07) is 0. The predicted molar refractivity (Wildman–Crippen MR) is 114 cm³/mol. The second kappa shape index (κ2) is 9.46. The van der Waals surface area contributed by atoms with Crippen molar-refractivity contribution in [3.63, 3.8) is 0 Å². The van der Waals surface area contributed by atoms with Gasteiger partial charge in [-0.15, -0.1) is 4.40 Å². The van der Waals surface area contributed by atoms with E-state index in [4.69, 9.17) is 4.74 Å². The average Bonchev–Trinajstić information content (AvgIpc) is 3.29. The Kier molecular flexibility index (Phi) is 7.13. The first kappa shape index (κ1) is 23.4. The van der Waals surface area contributed by atoms with Crippen molar-refractivity contribution < 1.29 is 27.2 Å². The van der Waals surface area contributed by atoms with Gasteiger partial charge in [-0.1, -0.05) is 19.9 Å². The summed E-state index contributed by atoms with van der Waals surface area (Å²) in [5, 5.41) is 16.2. The number of ether oxygens (including phenoxy) is 1. The van der Waals surface area contributed by atoms with E-state index in [0.717, 1.165) is 5.76 Å². The van der Waals surface area contributed by atoms with Crippen molar-refractivity contribution in [2.24, 2.45) is 26.5 Å². The number of halogens is 3. The van der Waals surface area contributed by atoms with Gasteiger partial charge in [0.15, 0.2) is 5.84 Å². The quantitative estimate of drug-likeness (QED) is 0.541. The molecule has 31 heavy (non-hydrogen) atoms. The normalized spacial score (nSPS) is 26.4. The molecule has 0 fully saturated rings. The third kappa shape index (κ3) is 5.69. The molecule has 3 atom stereocenters. The van der Waals surface area contributed by atoms with Gasteiger partial charge in [-0.05, 0) is 30.9 Å². The topological polar surface area (TPSA) is 95.3 Å². The molecule has 172 valence electrons. The molecule has 7 nitrogen and oxygen atoms in total. The molecule has 3 aliphatic rings. The van der Waals surface area contributed by atoms with Gasteiger partial charge in [0, 0.05) is 18.9 Å². The van der Waals surface area contributed by atoms with E-state index >= 15 is 0 Å². The van der Waals surface area contributed by atoms with Crippen molar-refractivity contribution in [1.82, 2.24) is 10.6 Å². The Bertz CT molecular complexity index is 891. The van der Waals surface area contributed by atoms with E-state index < -0.39 is 23.3 Å². The van der Waals surface area contributed by atoms with Crippen LogP contribution in [0.3, 0.4) is 0 Å². The standard InChI is InChI=1S/C20H27F3N4O3S/c1-11(2)13-8-14(30-10-13)9-25-19-17(26-31(29)27-19)6-7-24-16-5-4-15(20(21,22)23)12(3)18(16)28/h5,8,11,13,15,24,28H,4,6-7,9-10H2,1-3H3,(H,25,27). The minimum absolute atomic E-state index is 0.106. The molecular weight excluding hydrogens is 433 g/mol.